The molecule has 0 atom stereocenters. The molecule has 2 aromatic rings. The van der Waals surface area contributed by atoms with Crippen molar-refractivity contribution in [2.24, 2.45) is 0 Å². The Hall–Kier alpha value is -2.63. The summed E-state index contributed by atoms with van der Waals surface area (Å²) in [5.41, 5.74) is 1.15. The van der Waals surface area contributed by atoms with Gasteiger partial charge in [-0.15, -0.1) is 0 Å². The first-order valence-electron chi connectivity index (χ1n) is 6.54. The Bertz CT molecular complexity index is 630. The number of methoxy groups -OCH3 is 1. The van der Waals surface area contributed by atoms with Crippen LogP contribution in [0.2, 0.25) is 0 Å². The van der Waals surface area contributed by atoms with Crippen molar-refractivity contribution in [3.63, 3.8) is 0 Å². The van der Waals surface area contributed by atoms with Crippen LogP contribution in [0.25, 0.3) is 0 Å². The van der Waals surface area contributed by atoms with Crippen molar-refractivity contribution in [2.75, 3.05) is 7.11 Å². The monoisotopic (exact) mass is 307 g/mol. The highest BCUT2D eigenvalue weighted by molar-refractivity contribution is 5.94. The van der Waals surface area contributed by atoms with E-state index in [0.717, 1.165) is 11.3 Å². The van der Waals surface area contributed by atoms with E-state index in [9.17, 15) is 13.6 Å². The van der Waals surface area contributed by atoms with Gasteiger partial charge in [0.05, 0.1) is 7.11 Å². The SMILES string of the molecule is COc1ccc(CNC(=O)c2cccc(OC(F)F)c2)cc1. The molecule has 1 N–H and O–H groups in total. The number of carbonyl (C=O) groups excluding carboxylic acids is 1. The fraction of sp³-hybridized carbons (Fsp3) is 0.188. The highest BCUT2D eigenvalue weighted by Gasteiger charge is 2.09. The molecule has 0 aliphatic heterocycles. The molecule has 22 heavy (non-hydrogen) atoms. The molecule has 0 spiro atoms. The number of rotatable bonds is 6. The number of hydrogen-bond donors (Lipinski definition) is 1. The van der Waals surface area contributed by atoms with Gasteiger partial charge < -0.3 is 14.8 Å². The number of ether oxygens (including phenoxy) is 2. The highest BCUT2D eigenvalue weighted by Crippen LogP contribution is 2.16. The molecule has 6 heteroatoms. The van der Waals surface area contributed by atoms with E-state index in [4.69, 9.17) is 4.74 Å². The minimum absolute atomic E-state index is 0.0490. The molecule has 1 amide bonds. The smallest absolute Gasteiger partial charge is 0.387 e. The summed E-state index contributed by atoms with van der Waals surface area (Å²) in [4.78, 5) is 12.0. The van der Waals surface area contributed by atoms with E-state index in [-0.39, 0.29) is 17.2 Å². The number of nitrogens with one attached hydrogen (secondary N) is 1. The van der Waals surface area contributed by atoms with E-state index in [1.807, 2.05) is 12.1 Å². The van der Waals surface area contributed by atoms with Crippen LogP contribution in [0.1, 0.15) is 15.9 Å². The van der Waals surface area contributed by atoms with Crippen LogP contribution in [-0.2, 0) is 6.54 Å². The first-order valence-corrected chi connectivity index (χ1v) is 6.54. The fourth-order valence-electron chi connectivity index (χ4n) is 1.84. The van der Waals surface area contributed by atoms with Crippen LogP contribution >= 0.6 is 0 Å². The molecule has 4 nitrogen and oxygen atoms in total. The van der Waals surface area contributed by atoms with Crippen molar-refractivity contribution in [1.29, 1.82) is 0 Å². The Kier molecular flexibility index (Phi) is 5.30. The van der Waals surface area contributed by atoms with E-state index in [2.05, 4.69) is 10.1 Å². The minimum Gasteiger partial charge on any atom is -0.497 e. The van der Waals surface area contributed by atoms with Gasteiger partial charge in [-0.25, -0.2) is 0 Å². The van der Waals surface area contributed by atoms with Crippen molar-refractivity contribution >= 4 is 5.91 Å². The maximum absolute atomic E-state index is 12.2. The normalized spacial score (nSPS) is 10.4. The Morgan fingerprint density at radius 3 is 2.50 bits per heavy atom. The van der Waals surface area contributed by atoms with Gasteiger partial charge in [-0.1, -0.05) is 18.2 Å². The topological polar surface area (TPSA) is 47.6 Å². The quantitative estimate of drug-likeness (QED) is 0.891. The summed E-state index contributed by atoms with van der Waals surface area (Å²) < 4.78 is 33.6. The Morgan fingerprint density at radius 2 is 1.86 bits per heavy atom. The van der Waals surface area contributed by atoms with Crippen molar-refractivity contribution in [3.8, 4) is 11.5 Å². The standard InChI is InChI=1S/C16H15F2NO3/c1-21-13-7-5-11(6-8-13)10-19-15(20)12-3-2-4-14(9-12)22-16(17)18/h2-9,16H,10H2,1H3,(H,19,20). The van der Waals surface area contributed by atoms with Crippen LogP contribution in [0.5, 0.6) is 11.5 Å². The third-order valence-corrected chi connectivity index (χ3v) is 2.93. The predicted octanol–water partition coefficient (Wildman–Crippen LogP) is 3.23. The molecular formula is C16H15F2NO3. The third-order valence-electron chi connectivity index (χ3n) is 2.93. The van der Waals surface area contributed by atoms with Gasteiger partial charge in [-0.3, -0.25) is 4.79 Å². The molecule has 0 bridgehead atoms. The second-order valence-corrected chi connectivity index (χ2v) is 4.44. The van der Waals surface area contributed by atoms with Crippen molar-refractivity contribution in [1.82, 2.24) is 5.32 Å². The average Bonchev–Trinajstić information content (AvgIpc) is 2.52. The van der Waals surface area contributed by atoms with Gasteiger partial charge in [-0.05, 0) is 35.9 Å². The Labute approximate surface area is 126 Å². The van der Waals surface area contributed by atoms with Gasteiger partial charge in [-0.2, -0.15) is 8.78 Å². The van der Waals surface area contributed by atoms with Gasteiger partial charge in [0.2, 0.25) is 0 Å². The molecule has 0 saturated heterocycles. The van der Waals surface area contributed by atoms with Gasteiger partial charge in [0, 0.05) is 12.1 Å². The number of hydrogen-bond acceptors (Lipinski definition) is 3. The van der Waals surface area contributed by atoms with Crippen LogP contribution in [0.4, 0.5) is 8.78 Å². The second kappa shape index (κ2) is 7.40. The molecule has 2 aromatic carbocycles. The molecule has 0 aliphatic rings. The lowest BCUT2D eigenvalue weighted by Crippen LogP contribution is -2.22. The maximum atomic E-state index is 12.2. The molecule has 2 rings (SSSR count). The number of halogens is 2. The zero-order valence-corrected chi connectivity index (χ0v) is 11.9. The first-order chi connectivity index (χ1) is 10.6. The van der Waals surface area contributed by atoms with Gasteiger partial charge in [0.1, 0.15) is 11.5 Å². The highest BCUT2D eigenvalue weighted by atomic mass is 19.3. The molecule has 0 heterocycles. The van der Waals surface area contributed by atoms with Crippen molar-refractivity contribution < 1.29 is 23.0 Å². The van der Waals surface area contributed by atoms with E-state index in [1.54, 1.807) is 19.2 Å². The summed E-state index contributed by atoms with van der Waals surface area (Å²) in [5.74, 6) is 0.314. The predicted molar refractivity (Wildman–Crippen MR) is 77.2 cm³/mol. The number of amides is 1. The summed E-state index contributed by atoms with van der Waals surface area (Å²) in [6.45, 7) is -2.60. The van der Waals surface area contributed by atoms with Crippen LogP contribution < -0.4 is 14.8 Å². The summed E-state index contributed by atoms with van der Waals surface area (Å²) in [5, 5.41) is 2.71. The summed E-state index contributed by atoms with van der Waals surface area (Å²) in [6.07, 6.45) is 0. The summed E-state index contributed by atoms with van der Waals surface area (Å²) in [6, 6.07) is 12.9. The first kappa shape index (κ1) is 15.8. The largest absolute Gasteiger partial charge is 0.497 e. The molecule has 0 aliphatic carbocycles. The zero-order chi connectivity index (χ0) is 15.9. The van der Waals surface area contributed by atoms with Crippen LogP contribution in [-0.4, -0.2) is 19.6 Å². The number of alkyl halides is 2. The molecule has 0 saturated carbocycles. The molecule has 0 radical (unpaired) electrons. The molecule has 0 fully saturated rings. The lowest BCUT2D eigenvalue weighted by Gasteiger charge is -2.08. The lowest BCUT2D eigenvalue weighted by molar-refractivity contribution is -0.0498. The second-order valence-electron chi connectivity index (χ2n) is 4.44. The van der Waals surface area contributed by atoms with E-state index < -0.39 is 6.61 Å². The average molecular weight is 307 g/mol. The molecule has 0 unspecified atom stereocenters. The summed E-state index contributed by atoms with van der Waals surface area (Å²) >= 11 is 0. The molecule has 116 valence electrons. The van der Waals surface area contributed by atoms with Gasteiger partial charge in [0.15, 0.2) is 0 Å². The van der Waals surface area contributed by atoms with Crippen molar-refractivity contribution in [3.05, 3.63) is 59.7 Å². The minimum atomic E-state index is -2.92. The molecular weight excluding hydrogens is 292 g/mol. The van der Waals surface area contributed by atoms with Crippen molar-refractivity contribution in [2.45, 2.75) is 13.2 Å². The lowest BCUT2D eigenvalue weighted by atomic mass is 10.2. The summed E-state index contributed by atoms with van der Waals surface area (Å²) in [7, 11) is 1.57. The maximum Gasteiger partial charge on any atom is 0.387 e. The number of benzene rings is 2. The molecule has 0 aromatic heterocycles. The van der Waals surface area contributed by atoms with Crippen LogP contribution in [0.15, 0.2) is 48.5 Å². The fourth-order valence-corrected chi connectivity index (χ4v) is 1.84. The number of carbonyl (C=O) groups is 1. The van der Waals surface area contributed by atoms with Gasteiger partial charge in [0.25, 0.3) is 5.91 Å². The van der Waals surface area contributed by atoms with Crippen LogP contribution in [0.3, 0.4) is 0 Å². The van der Waals surface area contributed by atoms with Gasteiger partial charge >= 0.3 is 6.61 Å². The zero-order valence-electron chi connectivity index (χ0n) is 11.9. The van der Waals surface area contributed by atoms with E-state index in [1.165, 1.54) is 24.3 Å². The Balaban J connectivity index is 1.96. The Morgan fingerprint density at radius 1 is 1.14 bits per heavy atom. The van der Waals surface area contributed by atoms with E-state index in [0.29, 0.717) is 6.54 Å². The van der Waals surface area contributed by atoms with E-state index >= 15 is 0 Å². The van der Waals surface area contributed by atoms with Crippen LogP contribution in [0, 0.1) is 0 Å². The third kappa shape index (κ3) is 4.44.